The molecule has 0 spiro atoms. The molecule has 0 aliphatic heterocycles. The lowest BCUT2D eigenvalue weighted by molar-refractivity contribution is -0.113. The minimum Gasteiger partial charge on any atom is -0.323 e. The highest BCUT2D eigenvalue weighted by Crippen LogP contribution is 2.21. The van der Waals surface area contributed by atoms with Gasteiger partial charge in [-0.05, 0) is 24.3 Å². The Hall–Kier alpha value is -2.11. The summed E-state index contributed by atoms with van der Waals surface area (Å²) in [7, 11) is 0. The topological polar surface area (TPSA) is 54.9 Å². The van der Waals surface area contributed by atoms with Gasteiger partial charge >= 0.3 is 0 Å². The number of nitrogens with zero attached hydrogens (tertiary/aromatic N) is 2. The van der Waals surface area contributed by atoms with Crippen LogP contribution in [0.25, 0.3) is 10.9 Å². The number of anilines is 1. The summed E-state index contributed by atoms with van der Waals surface area (Å²) in [6.07, 6.45) is 1.58. The number of para-hydroxylation sites is 1. The smallest absolute Gasteiger partial charge is 0.234 e. The number of amides is 1. The SMILES string of the molecule is O=C(CSc1ccc2ccccc2n1)Nc1cccnc1Cl. The van der Waals surface area contributed by atoms with Gasteiger partial charge in [0.05, 0.1) is 22.0 Å². The highest BCUT2D eigenvalue weighted by molar-refractivity contribution is 7.99. The Balaban J connectivity index is 1.63. The van der Waals surface area contributed by atoms with E-state index < -0.39 is 0 Å². The summed E-state index contributed by atoms with van der Waals surface area (Å²) >= 11 is 7.29. The number of hydrogen-bond donors (Lipinski definition) is 1. The molecule has 3 rings (SSSR count). The number of rotatable bonds is 4. The Morgan fingerprint density at radius 3 is 2.86 bits per heavy atom. The Morgan fingerprint density at radius 1 is 1.14 bits per heavy atom. The lowest BCUT2D eigenvalue weighted by Crippen LogP contribution is -2.14. The maximum absolute atomic E-state index is 12.0. The van der Waals surface area contributed by atoms with Crippen molar-refractivity contribution in [3.05, 3.63) is 59.9 Å². The van der Waals surface area contributed by atoms with Crippen LogP contribution in [-0.4, -0.2) is 21.6 Å². The van der Waals surface area contributed by atoms with Crippen LogP contribution >= 0.6 is 23.4 Å². The minimum atomic E-state index is -0.144. The highest BCUT2D eigenvalue weighted by Gasteiger charge is 2.07. The lowest BCUT2D eigenvalue weighted by atomic mass is 10.2. The molecule has 0 radical (unpaired) electrons. The van der Waals surface area contributed by atoms with E-state index in [0.29, 0.717) is 5.69 Å². The van der Waals surface area contributed by atoms with Gasteiger partial charge in [0.2, 0.25) is 5.91 Å². The molecule has 0 aliphatic carbocycles. The van der Waals surface area contributed by atoms with Crippen LogP contribution in [-0.2, 0) is 4.79 Å². The van der Waals surface area contributed by atoms with Crippen LogP contribution in [0.1, 0.15) is 0 Å². The fraction of sp³-hybridized carbons (Fsp3) is 0.0625. The second kappa shape index (κ2) is 6.77. The van der Waals surface area contributed by atoms with Crippen LogP contribution in [0, 0.1) is 0 Å². The molecule has 0 atom stereocenters. The van der Waals surface area contributed by atoms with E-state index in [1.165, 1.54) is 11.8 Å². The van der Waals surface area contributed by atoms with E-state index in [9.17, 15) is 4.79 Å². The molecular weight excluding hydrogens is 318 g/mol. The summed E-state index contributed by atoms with van der Waals surface area (Å²) in [5.74, 6) is 0.117. The van der Waals surface area contributed by atoms with Gasteiger partial charge in [0.25, 0.3) is 0 Å². The summed E-state index contributed by atoms with van der Waals surface area (Å²) < 4.78 is 0. The van der Waals surface area contributed by atoms with Gasteiger partial charge < -0.3 is 5.32 Å². The monoisotopic (exact) mass is 329 g/mol. The summed E-state index contributed by atoms with van der Waals surface area (Å²) in [4.78, 5) is 20.4. The minimum absolute atomic E-state index is 0.144. The third-order valence-corrected chi connectivity index (χ3v) is 4.19. The van der Waals surface area contributed by atoms with Crippen molar-refractivity contribution in [2.24, 2.45) is 0 Å². The third kappa shape index (κ3) is 3.55. The van der Waals surface area contributed by atoms with Crippen molar-refractivity contribution in [3.8, 4) is 0 Å². The average molecular weight is 330 g/mol. The van der Waals surface area contributed by atoms with Crippen molar-refractivity contribution in [1.82, 2.24) is 9.97 Å². The quantitative estimate of drug-likeness (QED) is 0.580. The molecule has 0 fully saturated rings. The zero-order chi connectivity index (χ0) is 15.4. The zero-order valence-corrected chi connectivity index (χ0v) is 13.1. The highest BCUT2D eigenvalue weighted by atomic mass is 35.5. The number of thioether (sulfide) groups is 1. The molecule has 1 N–H and O–H groups in total. The number of pyridine rings is 2. The zero-order valence-electron chi connectivity index (χ0n) is 11.5. The van der Waals surface area contributed by atoms with Crippen LogP contribution in [0.15, 0.2) is 59.8 Å². The molecule has 2 aromatic heterocycles. The summed E-state index contributed by atoms with van der Waals surface area (Å²) in [5.41, 5.74) is 1.43. The number of nitrogens with one attached hydrogen (secondary N) is 1. The normalized spacial score (nSPS) is 10.6. The number of carbonyl (C=O) groups excluding carboxylic acids is 1. The average Bonchev–Trinajstić information content (AvgIpc) is 2.55. The van der Waals surface area contributed by atoms with E-state index >= 15 is 0 Å². The summed E-state index contributed by atoms with van der Waals surface area (Å²) in [6, 6.07) is 15.2. The second-order valence-electron chi connectivity index (χ2n) is 4.52. The molecule has 22 heavy (non-hydrogen) atoms. The van der Waals surface area contributed by atoms with Gasteiger partial charge in [-0.25, -0.2) is 9.97 Å². The molecule has 0 saturated heterocycles. The number of fused-ring (bicyclic) bond motifs is 1. The van der Waals surface area contributed by atoms with Crippen LogP contribution in [0.3, 0.4) is 0 Å². The van der Waals surface area contributed by atoms with Crippen molar-refractivity contribution in [3.63, 3.8) is 0 Å². The van der Waals surface area contributed by atoms with E-state index in [-0.39, 0.29) is 16.8 Å². The predicted molar refractivity (Wildman–Crippen MR) is 90.3 cm³/mol. The number of benzene rings is 1. The fourth-order valence-corrected chi connectivity index (χ4v) is 2.78. The molecule has 4 nitrogen and oxygen atoms in total. The van der Waals surface area contributed by atoms with Crippen molar-refractivity contribution < 1.29 is 4.79 Å². The number of aromatic nitrogens is 2. The van der Waals surface area contributed by atoms with Gasteiger partial charge in [-0.15, -0.1) is 0 Å². The van der Waals surface area contributed by atoms with Gasteiger partial charge in [0.15, 0.2) is 5.15 Å². The van der Waals surface area contributed by atoms with Gasteiger partial charge in [-0.1, -0.05) is 47.6 Å². The Bertz CT molecular complexity index is 825. The Labute approximate surface area is 136 Å². The molecule has 0 saturated carbocycles. The molecule has 3 aromatic rings. The Morgan fingerprint density at radius 2 is 2.00 bits per heavy atom. The largest absolute Gasteiger partial charge is 0.323 e. The van der Waals surface area contributed by atoms with E-state index in [4.69, 9.17) is 11.6 Å². The van der Waals surface area contributed by atoms with Gasteiger partial charge in [-0.3, -0.25) is 4.79 Å². The van der Waals surface area contributed by atoms with Crippen LogP contribution in [0.4, 0.5) is 5.69 Å². The van der Waals surface area contributed by atoms with Gasteiger partial charge in [0.1, 0.15) is 0 Å². The van der Waals surface area contributed by atoms with Crippen molar-refractivity contribution in [1.29, 1.82) is 0 Å². The number of hydrogen-bond acceptors (Lipinski definition) is 4. The molecule has 110 valence electrons. The van der Waals surface area contributed by atoms with E-state index in [2.05, 4.69) is 15.3 Å². The van der Waals surface area contributed by atoms with E-state index in [0.717, 1.165) is 15.9 Å². The molecule has 0 unspecified atom stereocenters. The molecule has 1 amide bonds. The lowest BCUT2D eigenvalue weighted by Gasteiger charge is -2.06. The molecule has 0 aliphatic rings. The first-order chi connectivity index (χ1) is 10.7. The van der Waals surface area contributed by atoms with Crippen LogP contribution < -0.4 is 5.32 Å². The third-order valence-electron chi connectivity index (χ3n) is 2.96. The fourth-order valence-electron chi connectivity index (χ4n) is 1.93. The number of halogens is 1. The molecule has 0 bridgehead atoms. The van der Waals surface area contributed by atoms with Gasteiger partial charge in [-0.2, -0.15) is 0 Å². The molecule has 1 aromatic carbocycles. The van der Waals surface area contributed by atoms with E-state index in [1.54, 1.807) is 18.3 Å². The maximum Gasteiger partial charge on any atom is 0.234 e. The predicted octanol–water partition coefficient (Wildman–Crippen LogP) is 4.01. The van der Waals surface area contributed by atoms with Crippen molar-refractivity contribution >= 4 is 45.9 Å². The standard InChI is InChI=1S/C16H12ClN3OS/c17-16-13(6-3-9-18-16)19-14(21)10-22-15-8-7-11-4-1-2-5-12(11)20-15/h1-9H,10H2,(H,19,21). The molecular formula is C16H12ClN3OS. The first-order valence-corrected chi connectivity index (χ1v) is 7.98. The summed E-state index contributed by atoms with van der Waals surface area (Å²) in [6.45, 7) is 0. The maximum atomic E-state index is 12.0. The van der Waals surface area contributed by atoms with Crippen molar-refractivity contribution in [2.45, 2.75) is 5.03 Å². The molecule has 2 heterocycles. The van der Waals surface area contributed by atoms with Crippen LogP contribution in [0.2, 0.25) is 5.15 Å². The van der Waals surface area contributed by atoms with Gasteiger partial charge in [0, 0.05) is 11.6 Å². The number of carbonyl (C=O) groups is 1. The van der Waals surface area contributed by atoms with Crippen molar-refractivity contribution in [2.75, 3.05) is 11.1 Å². The Kier molecular flexibility index (Phi) is 4.56. The van der Waals surface area contributed by atoms with E-state index in [1.807, 2.05) is 36.4 Å². The summed E-state index contributed by atoms with van der Waals surface area (Å²) in [5, 5.41) is 4.91. The second-order valence-corrected chi connectivity index (χ2v) is 5.87. The molecule has 6 heteroatoms. The van der Waals surface area contributed by atoms with Crippen LogP contribution in [0.5, 0.6) is 0 Å². The first kappa shape index (κ1) is 14.8. The first-order valence-electron chi connectivity index (χ1n) is 6.61.